The molecule has 0 radical (unpaired) electrons. The molecule has 23 heavy (non-hydrogen) atoms. The first-order valence-electron chi connectivity index (χ1n) is 8.51. The van der Waals surface area contributed by atoms with Crippen molar-refractivity contribution < 1.29 is 4.74 Å². The lowest BCUT2D eigenvalue weighted by molar-refractivity contribution is 0.348. The fraction of sp³-hybridized carbons (Fsp3) is 0.400. The predicted molar refractivity (Wildman–Crippen MR) is 97.3 cm³/mol. The molecule has 0 unspecified atom stereocenters. The molecule has 2 aromatic rings. The van der Waals surface area contributed by atoms with Crippen LogP contribution in [0.5, 0.6) is 11.5 Å². The Morgan fingerprint density at radius 2 is 1.70 bits per heavy atom. The van der Waals surface area contributed by atoms with Crippen molar-refractivity contribution in [3.05, 3.63) is 48.0 Å². The van der Waals surface area contributed by atoms with E-state index in [9.17, 15) is 0 Å². The van der Waals surface area contributed by atoms with E-state index in [0.29, 0.717) is 5.92 Å². The van der Waals surface area contributed by atoms with Gasteiger partial charge in [0.1, 0.15) is 5.75 Å². The summed E-state index contributed by atoms with van der Waals surface area (Å²) >= 11 is 0. The van der Waals surface area contributed by atoms with Crippen molar-refractivity contribution in [2.45, 2.75) is 38.5 Å². The van der Waals surface area contributed by atoms with E-state index in [-0.39, 0.29) is 0 Å². The average molecular weight is 310 g/mol. The highest BCUT2D eigenvalue weighted by Crippen LogP contribution is 2.37. The summed E-state index contributed by atoms with van der Waals surface area (Å²) in [5, 5.41) is 3.12. The lowest BCUT2D eigenvalue weighted by Crippen LogP contribution is -2.10. The smallest absolute Gasteiger partial charge is 0.150 e. The third-order valence-electron chi connectivity index (χ3n) is 4.87. The number of nitrogens with two attached hydrogens (primary N) is 1. The number of nitrogen functional groups attached to an aromatic ring is 1. The van der Waals surface area contributed by atoms with E-state index in [4.69, 9.17) is 10.5 Å². The molecule has 1 aliphatic carbocycles. The molecule has 3 rings (SSSR count). The summed E-state index contributed by atoms with van der Waals surface area (Å²) < 4.78 is 6.00. The van der Waals surface area contributed by atoms with Gasteiger partial charge in [-0.25, -0.2) is 0 Å². The molecule has 1 aliphatic rings. The number of anilines is 2. The van der Waals surface area contributed by atoms with Gasteiger partial charge in [0.2, 0.25) is 0 Å². The molecule has 3 heteroatoms. The second-order valence-corrected chi connectivity index (χ2v) is 6.63. The average Bonchev–Trinajstić information content (AvgIpc) is 2.58. The summed E-state index contributed by atoms with van der Waals surface area (Å²) in [4.78, 5) is 0. The zero-order chi connectivity index (χ0) is 16.2. The maximum Gasteiger partial charge on any atom is 0.150 e. The van der Waals surface area contributed by atoms with Gasteiger partial charge in [0, 0.05) is 12.7 Å². The second kappa shape index (κ2) is 6.95. The molecule has 0 aliphatic heterocycles. The SMILES string of the molecule is CNc1cc(N)ccc1Oc1ccc(C2CCC(C)CC2)cc1. The Morgan fingerprint density at radius 3 is 2.35 bits per heavy atom. The van der Waals surface area contributed by atoms with Crippen LogP contribution in [0.25, 0.3) is 0 Å². The van der Waals surface area contributed by atoms with Crippen LogP contribution in [0.2, 0.25) is 0 Å². The summed E-state index contributed by atoms with van der Waals surface area (Å²) in [6, 6.07) is 14.2. The van der Waals surface area contributed by atoms with Crippen LogP contribution in [0.3, 0.4) is 0 Å². The first-order valence-corrected chi connectivity index (χ1v) is 8.51. The maximum absolute atomic E-state index is 6.00. The van der Waals surface area contributed by atoms with Crippen molar-refractivity contribution >= 4 is 11.4 Å². The van der Waals surface area contributed by atoms with Crippen molar-refractivity contribution in [1.29, 1.82) is 0 Å². The minimum absolute atomic E-state index is 0.713. The number of nitrogens with one attached hydrogen (secondary N) is 1. The van der Waals surface area contributed by atoms with Crippen LogP contribution in [0.1, 0.15) is 44.1 Å². The monoisotopic (exact) mass is 310 g/mol. The van der Waals surface area contributed by atoms with Gasteiger partial charge in [0.05, 0.1) is 5.69 Å². The highest BCUT2D eigenvalue weighted by molar-refractivity contribution is 5.64. The lowest BCUT2D eigenvalue weighted by atomic mass is 9.79. The molecule has 3 N–H and O–H groups in total. The molecule has 1 fully saturated rings. The molecule has 2 aromatic carbocycles. The molecule has 0 amide bonds. The van der Waals surface area contributed by atoms with E-state index in [2.05, 4.69) is 36.5 Å². The van der Waals surface area contributed by atoms with Gasteiger partial charge < -0.3 is 15.8 Å². The number of hydrogen-bond acceptors (Lipinski definition) is 3. The van der Waals surface area contributed by atoms with Crippen LogP contribution in [0.4, 0.5) is 11.4 Å². The molecular formula is C20H26N2O. The second-order valence-electron chi connectivity index (χ2n) is 6.63. The van der Waals surface area contributed by atoms with E-state index in [1.54, 1.807) is 0 Å². The molecule has 0 bridgehead atoms. The molecule has 0 saturated heterocycles. The van der Waals surface area contributed by atoms with Crippen LogP contribution in [-0.4, -0.2) is 7.05 Å². The van der Waals surface area contributed by atoms with Crippen molar-refractivity contribution in [3.8, 4) is 11.5 Å². The topological polar surface area (TPSA) is 47.3 Å². The summed E-state index contributed by atoms with van der Waals surface area (Å²) in [7, 11) is 1.87. The summed E-state index contributed by atoms with van der Waals surface area (Å²) in [6.07, 6.45) is 5.31. The Hall–Kier alpha value is -2.16. The Labute approximate surface area is 138 Å². The number of rotatable bonds is 4. The third-order valence-corrected chi connectivity index (χ3v) is 4.87. The van der Waals surface area contributed by atoms with E-state index in [1.165, 1.54) is 31.2 Å². The molecule has 0 atom stereocenters. The summed E-state index contributed by atoms with van der Waals surface area (Å²) in [5.74, 6) is 3.25. The predicted octanol–water partition coefficient (Wildman–Crippen LogP) is 5.40. The highest BCUT2D eigenvalue weighted by Gasteiger charge is 2.19. The van der Waals surface area contributed by atoms with Crippen molar-refractivity contribution in [3.63, 3.8) is 0 Å². The maximum atomic E-state index is 6.00. The molecule has 0 heterocycles. The highest BCUT2D eigenvalue weighted by atomic mass is 16.5. The third kappa shape index (κ3) is 3.79. The number of benzene rings is 2. The number of hydrogen-bond donors (Lipinski definition) is 2. The van der Waals surface area contributed by atoms with E-state index >= 15 is 0 Å². The molecule has 0 spiro atoms. The van der Waals surface area contributed by atoms with Crippen molar-refractivity contribution in [2.75, 3.05) is 18.1 Å². The first kappa shape index (κ1) is 15.7. The fourth-order valence-electron chi connectivity index (χ4n) is 3.36. The van der Waals surface area contributed by atoms with Crippen molar-refractivity contribution in [2.24, 2.45) is 5.92 Å². The zero-order valence-corrected chi connectivity index (χ0v) is 14.0. The summed E-state index contributed by atoms with van der Waals surface area (Å²) in [6.45, 7) is 2.36. The Morgan fingerprint density at radius 1 is 1.00 bits per heavy atom. The molecule has 3 nitrogen and oxygen atoms in total. The van der Waals surface area contributed by atoms with Gasteiger partial charge in [-0.15, -0.1) is 0 Å². The van der Waals surface area contributed by atoms with E-state index in [1.807, 2.05) is 25.2 Å². The van der Waals surface area contributed by atoms with Crippen molar-refractivity contribution in [1.82, 2.24) is 0 Å². The van der Waals surface area contributed by atoms with Gasteiger partial charge in [0.25, 0.3) is 0 Å². The Balaban J connectivity index is 1.70. The minimum atomic E-state index is 0.713. The largest absolute Gasteiger partial charge is 0.455 e. The van der Waals surface area contributed by atoms with E-state index < -0.39 is 0 Å². The molecular weight excluding hydrogens is 284 g/mol. The Bertz CT molecular complexity index is 643. The fourth-order valence-corrected chi connectivity index (χ4v) is 3.36. The molecule has 1 saturated carbocycles. The van der Waals surface area contributed by atoms with Gasteiger partial charge in [-0.05, 0) is 60.6 Å². The quantitative estimate of drug-likeness (QED) is 0.744. The van der Waals surface area contributed by atoms with Gasteiger partial charge in [-0.3, -0.25) is 0 Å². The summed E-state index contributed by atoms with van der Waals surface area (Å²) in [5.41, 5.74) is 8.88. The minimum Gasteiger partial charge on any atom is -0.455 e. The molecule has 122 valence electrons. The van der Waals surface area contributed by atoms with Crippen LogP contribution in [0.15, 0.2) is 42.5 Å². The first-order chi connectivity index (χ1) is 11.2. The number of ether oxygens (including phenoxy) is 1. The zero-order valence-electron chi connectivity index (χ0n) is 14.0. The van der Waals surface area contributed by atoms with Gasteiger partial charge in [-0.2, -0.15) is 0 Å². The standard InChI is InChI=1S/C20H26N2O/c1-14-3-5-15(6-4-14)16-7-10-18(11-8-16)23-20-12-9-17(21)13-19(20)22-2/h7-15,22H,3-6,21H2,1-2H3. The van der Waals surface area contributed by atoms with Crippen LogP contribution < -0.4 is 15.8 Å². The van der Waals surface area contributed by atoms with Gasteiger partial charge in [-0.1, -0.05) is 31.9 Å². The lowest BCUT2D eigenvalue weighted by Gasteiger charge is -2.26. The van der Waals surface area contributed by atoms with Crippen LogP contribution >= 0.6 is 0 Å². The Kier molecular flexibility index (Phi) is 4.75. The van der Waals surface area contributed by atoms with Crippen LogP contribution in [0, 0.1) is 5.92 Å². The van der Waals surface area contributed by atoms with Crippen LogP contribution in [-0.2, 0) is 0 Å². The molecule has 0 aromatic heterocycles. The van der Waals surface area contributed by atoms with Gasteiger partial charge >= 0.3 is 0 Å². The normalized spacial score (nSPS) is 21.0. The van der Waals surface area contributed by atoms with E-state index in [0.717, 1.165) is 28.8 Å². The van der Waals surface area contributed by atoms with Gasteiger partial charge in [0.15, 0.2) is 5.75 Å².